The molecule has 2 heterocycles. The zero-order chi connectivity index (χ0) is 13.5. The third-order valence-electron chi connectivity index (χ3n) is 3.57. The number of fused-ring (bicyclic) bond motifs is 1. The monoisotopic (exact) mass is 262 g/mol. The lowest BCUT2D eigenvalue weighted by Crippen LogP contribution is -2.00. The standard InChI is InChI=1S/C16H14N4/c17-15-9-14(19-16(20-15)11-5-6-11)13-8-7-10-3-1-2-4-12(10)18-13/h1-4,7-9,11H,5-6H2,(H2,17,19,20). The number of hydrogen-bond donors (Lipinski definition) is 1. The molecule has 0 aliphatic heterocycles. The molecule has 0 radical (unpaired) electrons. The zero-order valence-electron chi connectivity index (χ0n) is 11.0. The van der Waals surface area contributed by atoms with Crippen LogP contribution in [0.3, 0.4) is 0 Å². The highest BCUT2D eigenvalue weighted by Crippen LogP contribution is 2.38. The second-order valence-corrected chi connectivity index (χ2v) is 5.20. The summed E-state index contributed by atoms with van der Waals surface area (Å²) in [4.78, 5) is 13.6. The smallest absolute Gasteiger partial charge is 0.134 e. The first-order valence-electron chi connectivity index (χ1n) is 6.80. The van der Waals surface area contributed by atoms with Crippen molar-refractivity contribution in [3.05, 3.63) is 48.3 Å². The molecule has 4 heteroatoms. The summed E-state index contributed by atoms with van der Waals surface area (Å²) in [6.45, 7) is 0. The predicted octanol–water partition coefficient (Wildman–Crippen LogP) is 3.15. The maximum Gasteiger partial charge on any atom is 0.134 e. The fourth-order valence-corrected chi connectivity index (χ4v) is 2.35. The van der Waals surface area contributed by atoms with Gasteiger partial charge in [-0.25, -0.2) is 15.0 Å². The molecule has 20 heavy (non-hydrogen) atoms. The molecule has 98 valence electrons. The molecule has 3 aromatic rings. The van der Waals surface area contributed by atoms with Gasteiger partial charge < -0.3 is 5.73 Å². The number of benzene rings is 1. The normalized spacial score (nSPS) is 14.6. The molecule has 0 saturated heterocycles. The highest BCUT2D eigenvalue weighted by atomic mass is 15.0. The van der Waals surface area contributed by atoms with Gasteiger partial charge in [-0.2, -0.15) is 0 Å². The van der Waals surface area contributed by atoms with Crippen molar-refractivity contribution in [2.75, 3.05) is 5.73 Å². The lowest BCUT2D eigenvalue weighted by molar-refractivity contribution is 0.934. The zero-order valence-corrected chi connectivity index (χ0v) is 11.0. The van der Waals surface area contributed by atoms with Gasteiger partial charge in [-0.05, 0) is 25.0 Å². The van der Waals surface area contributed by atoms with E-state index < -0.39 is 0 Å². The van der Waals surface area contributed by atoms with E-state index in [0.717, 1.165) is 41.0 Å². The van der Waals surface area contributed by atoms with Gasteiger partial charge in [-0.1, -0.05) is 24.3 Å². The molecule has 1 saturated carbocycles. The maximum absolute atomic E-state index is 5.90. The number of para-hydroxylation sites is 1. The summed E-state index contributed by atoms with van der Waals surface area (Å²) in [5.41, 5.74) is 8.52. The van der Waals surface area contributed by atoms with E-state index in [0.29, 0.717) is 11.7 Å². The summed E-state index contributed by atoms with van der Waals surface area (Å²) in [6, 6.07) is 13.9. The van der Waals surface area contributed by atoms with Crippen molar-refractivity contribution in [3.8, 4) is 11.4 Å². The molecule has 2 aromatic heterocycles. The Morgan fingerprint density at radius 1 is 0.900 bits per heavy atom. The SMILES string of the molecule is Nc1cc(-c2ccc3ccccc3n2)nc(C2CC2)n1. The number of nitrogens with two attached hydrogens (primary N) is 1. The first kappa shape index (κ1) is 11.3. The molecule has 2 N–H and O–H groups in total. The third kappa shape index (κ3) is 1.99. The Morgan fingerprint density at radius 2 is 1.75 bits per heavy atom. The van der Waals surface area contributed by atoms with Crippen molar-refractivity contribution >= 4 is 16.7 Å². The van der Waals surface area contributed by atoms with E-state index in [9.17, 15) is 0 Å². The second-order valence-electron chi connectivity index (χ2n) is 5.20. The quantitative estimate of drug-likeness (QED) is 0.770. The summed E-state index contributed by atoms with van der Waals surface area (Å²) in [5.74, 6) is 1.86. The van der Waals surface area contributed by atoms with E-state index >= 15 is 0 Å². The van der Waals surface area contributed by atoms with Crippen molar-refractivity contribution in [2.24, 2.45) is 0 Å². The Labute approximate surface area is 116 Å². The van der Waals surface area contributed by atoms with Crippen LogP contribution in [0.25, 0.3) is 22.3 Å². The third-order valence-corrected chi connectivity index (χ3v) is 3.57. The summed E-state index contributed by atoms with van der Waals surface area (Å²) in [6.07, 6.45) is 2.32. The van der Waals surface area contributed by atoms with Crippen molar-refractivity contribution in [2.45, 2.75) is 18.8 Å². The molecule has 0 unspecified atom stereocenters. The Kier molecular flexibility index (Phi) is 2.42. The van der Waals surface area contributed by atoms with Gasteiger partial charge in [0.1, 0.15) is 11.6 Å². The number of rotatable bonds is 2. The Morgan fingerprint density at radius 3 is 2.60 bits per heavy atom. The Bertz CT molecular complexity index is 793. The second kappa shape index (κ2) is 4.27. The fourth-order valence-electron chi connectivity index (χ4n) is 2.35. The highest BCUT2D eigenvalue weighted by Gasteiger charge is 2.27. The van der Waals surface area contributed by atoms with Gasteiger partial charge in [-0.15, -0.1) is 0 Å². The van der Waals surface area contributed by atoms with Crippen molar-refractivity contribution in [1.29, 1.82) is 0 Å². The molecule has 1 aromatic carbocycles. The van der Waals surface area contributed by atoms with Crippen LogP contribution in [-0.4, -0.2) is 15.0 Å². The van der Waals surface area contributed by atoms with Crippen LogP contribution in [0.1, 0.15) is 24.6 Å². The number of nitrogens with zero attached hydrogens (tertiary/aromatic N) is 3. The first-order chi connectivity index (χ1) is 9.79. The van der Waals surface area contributed by atoms with E-state index in [-0.39, 0.29) is 0 Å². The molecule has 1 aliphatic carbocycles. The number of aromatic nitrogens is 3. The molecule has 4 rings (SSSR count). The van der Waals surface area contributed by atoms with Gasteiger partial charge in [0.2, 0.25) is 0 Å². The van der Waals surface area contributed by atoms with Crippen molar-refractivity contribution < 1.29 is 0 Å². The minimum absolute atomic E-state index is 0.484. The van der Waals surface area contributed by atoms with E-state index in [1.807, 2.05) is 24.3 Å². The van der Waals surface area contributed by atoms with Crippen LogP contribution >= 0.6 is 0 Å². The average Bonchev–Trinajstić information content (AvgIpc) is 3.31. The van der Waals surface area contributed by atoms with Crippen LogP contribution in [0.2, 0.25) is 0 Å². The average molecular weight is 262 g/mol. The first-order valence-corrected chi connectivity index (χ1v) is 6.80. The van der Waals surface area contributed by atoms with Gasteiger partial charge in [0, 0.05) is 17.4 Å². The molecule has 1 aliphatic rings. The number of anilines is 1. The summed E-state index contributed by atoms with van der Waals surface area (Å²) in [5, 5.41) is 1.13. The van der Waals surface area contributed by atoms with Crippen LogP contribution in [0, 0.1) is 0 Å². The van der Waals surface area contributed by atoms with Gasteiger partial charge in [0.15, 0.2) is 0 Å². The number of nitrogen functional groups attached to an aromatic ring is 1. The number of hydrogen-bond acceptors (Lipinski definition) is 4. The molecule has 0 amide bonds. The number of pyridine rings is 1. The van der Waals surface area contributed by atoms with Crippen LogP contribution in [-0.2, 0) is 0 Å². The van der Waals surface area contributed by atoms with Gasteiger partial charge in [0.05, 0.1) is 16.9 Å². The maximum atomic E-state index is 5.90. The fraction of sp³-hybridized carbons (Fsp3) is 0.188. The van der Waals surface area contributed by atoms with E-state index in [4.69, 9.17) is 5.73 Å². The van der Waals surface area contributed by atoms with Gasteiger partial charge in [0.25, 0.3) is 0 Å². The minimum Gasteiger partial charge on any atom is -0.384 e. The summed E-state index contributed by atoms with van der Waals surface area (Å²) in [7, 11) is 0. The molecular weight excluding hydrogens is 248 g/mol. The molecular formula is C16H14N4. The molecule has 0 bridgehead atoms. The van der Waals surface area contributed by atoms with Crippen LogP contribution in [0.5, 0.6) is 0 Å². The highest BCUT2D eigenvalue weighted by molar-refractivity contribution is 5.81. The van der Waals surface area contributed by atoms with E-state index in [1.54, 1.807) is 6.07 Å². The van der Waals surface area contributed by atoms with Crippen molar-refractivity contribution in [3.63, 3.8) is 0 Å². The lowest BCUT2D eigenvalue weighted by Gasteiger charge is -2.06. The van der Waals surface area contributed by atoms with Crippen LogP contribution in [0.15, 0.2) is 42.5 Å². The van der Waals surface area contributed by atoms with E-state index in [1.165, 1.54) is 0 Å². The van der Waals surface area contributed by atoms with E-state index in [2.05, 4.69) is 27.1 Å². The molecule has 4 nitrogen and oxygen atoms in total. The molecule has 0 atom stereocenters. The molecule has 1 fully saturated rings. The Balaban J connectivity index is 1.85. The van der Waals surface area contributed by atoms with Gasteiger partial charge >= 0.3 is 0 Å². The topological polar surface area (TPSA) is 64.7 Å². The predicted molar refractivity (Wildman–Crippen MR) is 79.2 cm³/mol. The minimum atomic E-state index is 0.484. The largest absolute Gasteiger partial charge is 0.384 e. The van der Waals surface area contributed by atoms with Crippen molar-refractivity contribution in [1.82, 2.24) is 15.0 Å². The summed E-state index contributed by atoms with van der Waals surface area (Å²) >= 11 is 0. The summed E-state index contributed by atoms with van der Waals surface area (Å²) < 4.78 is 0. The lowest BCUT2D eigenvalue weighted by atomic mass is 10.1. The van der Waals surface area contributed by atoms with Gasteiger partial charge in [-0.3, -0.25) is 0 Å². The Hall–Kier alpha value is -2.49. The van der Waals surface area contributed by atoms with Crippen LogP contribution in [0.4, 0.5) is 5.82 Å². The molecule has 0 spiro atoms. The van der Waals surface area contributed by atoms with Crippen LogP contribution < -0.4 is 5.73 Å².